The Morgan fingerprint density at radius 3 is 3.10 bits per heavy atom. The molecule has 110 valence electrons. The molecule has 1 aliphatic carbocycles. The van der Waals surface area contributed by atoms with Crippen molar-refractivity contribution in [2.24, 2.45) is 0 Å². The molecule has 1 aliphatic rings. The van der Waals surface area contributed by atoms with Gasteiger partial charge in [0.05, 0.1) is 5.75 Å². The summed E-state index contributed by atoms with van der Waals surface area (Å²) in [6.45, 7) is 2.75. The van der Waals surface area contributed by atoms with E-state index in [-0.39, 0.29) is 5.91 Å². The fraction of sp³-hybridized carbons (Fsp3) is 0.643. The highest BCUT2D eigenvalue weighted by atomic mass is 32.2. The number of carbonyl (C=O) groups excluding carboxylic acids is 1. The molecule has 1 heterocycles. The van der Waals surface area contributed by atoms with Gasteiger partial charge in [-0.05, 0) is 32.1 Å². The Morgan fingerprint density at radius 2 is 2.40 bits per heavy atom. The summed E-state index contributed by atoms with van der Waals surface area (Å²) in [6, 6.07) is 0. The molecule has 5 nitrogen and oxygen atoms in total. The van der Waals surface area contributed by atoms with Crippen LogP contribution >= 0.6 is 11.8 Å². The molecule has 1 aromatic rings. The van der Waals surface area contributed by atoms with Crippen LogP contribution in [-0.4, -0.2) is 33.4 Å². The van der Waals surface area contributed by atoms with Gasteiger partial charge in [-0.1, -0.05) is 30.3 Å². The van der Waals surface area contributed by atoms with Crippen LogP contribution in [0.1, 0.15) is 44.9 Å². The van der Waals surface area contributed by atoms with Gasteiger partial charge in [-0.3, -0.25) is 9.89 Å². The van der Waals surface area contributed by atoms with E-state index in [1.165, 1.54) is 43.0 Å². The van der Waals surface area contributed by atoms with E-state index in [1.54, 1.807) is 0 Å². The number of allylic oxidation sites excluding steroid dienone is 1. The summed E-state index contributed by atoms with van der Waals surface area (Å²) in [4.78, 5) is 16.0. The number of amides is 1. The molecule has 0 aliphatic heterocycles. The van der Waals surface area contributed by atoms with Crippen molar-refractivity contribution in [3.8, 4) is 0 Å². The highest BCUT2D eigenvalue weighted by Crippen LogP contribution is 2.19. The third-order valence-electron chi connectivity index (χ3n) is 3.33. The topological polar surface area (TPSA) is 70.7 Å². The molecule has 2 N–H and O–H groups in total. The van der Waals surface area contributed by atoms with E-state index in [2.05, 4.69) is 26.6 Å². The molecule has 0 spiro atoms. The zero-order valence-corrected chi connectivity index (χ0v) is 12.8. The van der Waals surface area contributed by atoms with Crippen molar-refractivity contribution in [2.45, 2.75) is 50.6 Å². The van der Waals surface area contributed by atoms with Crippen LogP contribution in [0.5, 0.6) is 0 Å². The first kappa shape index (κ1) is 15.1. The SMILES string of the molecule is CCc1nc(SCC(=O)NCCC2=CCCCC2)n[nH]1. The minimum Gasteiger partial charge on any atom is -0.355 e. The van der Waals surface area contributed by atoms with Gasteiger partial charge >= 0.3 is 0 Å². The smallest absolute Gasteiger partial charge is 0.230 e. The number of thioether (sulfide) groups is 1. The van der Waals surface area contributed by atoms with Crippen molar-refractivity contribution in [3.63, 3.8) is 0 Å². The highest BCUT2D eigenvalue weighted by molar-refractivity contribution is 7.99. The number of aromatic amines is 1. The summed E-state index contributed by atoms with van der Waals surface area (Å²) in [7, 11) is 0. The van der Waals surface area contributed by atoms with Crippen LogP contribution in [-0.2, 0) is 11.2 Å². The summed E-state index contributed by atoms with van der Waals surface area (Å²) in [5.74, 6) is 1.28. The number of rotatable bonds is 7. The number of nitrogens with one attached hydrogen (secondary N) is 2. The molecule has 0 saturated carbocycles. The van der Waals surface area contributed by atoms with E-state index in [0.29, 0.717) is 10.9 Å². The van der Waals surface area contributed by atoms with E-state index in [9.17, 15) is 4.79 Å². The van der Waals surface area contributed by atoms with Crippen LogP contribution in [0.3, 0.4) is 0 Å². The van der Waals surface area contributed by atoms with E-state index in [0.717, 1.165) is 25.2 Å². The first-order chi connectivity index (χ1) is 9.78. The zero-order chi connectivity index (χ0) is 14.2. The second-order valence-electron chi connectivity index (χ2n) is 4.92. The molecule has 0 fully saturated rings. The Labute approximate surface area is 124 Å². The van der Waals surface area contributed by atoms with Crippen LogP contribution in [0.2, 0.25) is 0 Å². The lowest BCUT2D eigenvalue weighted by molar-refractivity contribution is -0.118. The van der Waals surface area contributed by atoms with Gasteiger partial charge in [0.1, 0.15) is 5.82 Å². The number of H-pyrrole nitrogens is 1. The Balaban J connectivity index is 1.61. The van der Waals surface area contributed by atoms with Gasteiger partial charge in [0.25, 0.3) is 0 Å². The first-order valence-electron chi connectivity index (χ1n) is 7.26. The minimum absolute atomic E-state index is 0.0502. The molecule has 1 aromatic heterocycles. The van der Waals surface area contributed by atoms with Gasteiger partial charge in [0.15, 0.2) is 0 Å². The molecular weight excluding hydrogens is 272 g/mol. The molecule has 20 heavy (non-hydrogen) atoms. The van der Waals surface area contributed by atoms with Crippen molar-refractivity contribution in [3.05, 3.63) is 17.5 Å². The Morgan fingerprint density at radius 1 is 1.50 bits per heavy atom. The monoisotopic (exact) mass is 294 g/mol. The molecule has 0 aromatic carbocycles. The maximum atomic E-state index is 11.7. The molecule has 0 atom stereocenters. The van der Waals surface area contributed by atoms with Crippen molar-refractivity contribution >= 4 is 17.7 Å². The number of carbonyl (C=O) groups is 1. The van der Waals surface area contributed by atoms with Crippen molar-refractivity contribution in [1.82, 2.24) is 20.5 Å². The predicted molar refractivity (Wildman–Crippen MR) is 80.7 cm³/mol. The molecule has 6 heteroatoms. The van der Waals surface area contributed by atoms with Gasteiger partial charge in [0.2, 0.25) is 11.1 Å². The Kier molecular flexibility index (Phi) is 6.11. The van der Waals surface area contributed by atoms with Crippen molar-refractivity contribution in [1.29, 1.82) is 0 Å². The summed E-state index contributed by atoms with van der Waals surface area (Å²) in [5, 5.41) is 10.5. The van der Waals surface area contributed by atoms with Crippen molar-refractivity contribution in [2.75, 3.05) is 12.3 Å². The molecule has 0 radical (unpaired) electrons. The number of nitrogens with zero attached hydrogens (tertiary/aromatic N) is 2. The standard InChI is InChI=1S/C14H22N4OS/c1-2-12-16-14(18-17-12)20-10-13(19)15-9-8-11-6-4-3-5-7-11/h6H,2-5,7-10H2,1H3,(H,15,19)(H,16,17,18). The Bertz CT molecular complexity index is 469. The lowest BCUT2D eigenvalue weighted by atomic mass is 9.97. The number of aromatic nitrogens is 3. The average molecular weight is 294 g/mol. The van der Waals surface area contributed by atoms with Gasteiger partial charge in [-0.25, -0.2) is 4.98 Å². The van der Waals surface area contributed by atoms with Crippen LogP contribution in [0, 0.1) is 0 Å². The summed E-state index contributed by atoms with van der Waals surface area (Å²) >= 11 is 1.37. The van der Waals surface area contributed by atoms with Gasteiger partial charge < -0.3 is 5.32 Å². The van der Waals surface area contributed by atoms with E-state index in [4.69, 9.17) is 0 Å². The van der Waals surface area contributed by atoms with Crippen LogP contribution in [0.25, 0.3) is 0 Å². The zero-order valence-electron chi connectivity index (χ0n) is 11.9. The van der Waals surface area contributed by atoms with E-state index >= 15 is 0 Å². The fourth-order valence-corrected chi connectivity index (χ4v) is 2.82. The third kappa shape index (κ3) is 5.00. The molecule has 2 rings (SSSR count). The highest BCUT2D eigenvalue weighted by Gasteiger charge is 2.08. The lowest BCUT2D eigenvalue weighted by Gasteiger charge is -2.12. The minimum atomic E-state index is 0.0502. The number of hydrogen-bond donors (Lipinski definition) is 2. The van der Waals surface area contributed by atoms with Gasteiger partial charge in [-0.15, -0.1) is 5.10 Å². The van der Waals surface area contributed by atoms with E-state index in [1.807, 2.05) is 6.92 Å². The fourth-order valence-electron chi connectivity index (χ4n) is 2.18. The molecule has 0 unspecified atom stereocenters. The van der Waals surface area contributed by atoms with Gasteiger partial charge in [-0.2, -0.15) is 0 Å². The number of hydrogen-bond acceptors (Lipinski definition) is 4. The first-order valence-corrected chi connectivity index (χ1v) is 8.25. The molecular formula is C14H22N4OS. The van der Waals surface area contributed by atoms with Crippen LogP contribution in [0.15, 0.2) is 16.8 Å². The molecule has 0 bridgehead atoms. The maximum absolute atomic E-state index is 11.7. The maximum Gasteiger partial charge on any atom is 0.230 e. The lowest BCUT2D eigenvalue weighted by Crippen LogP contribution is -2.26. The predicted octanol–water partition coefficient (Wildman–Crippen LogP) is 2.47. The van der Waals surface area contributed by atoms with Crippen LogP contribution in [0.4, 0.5) is 0 Å². The summed E-state index contributed by atoms with van der Waals surface area (Å²) in [5.41, 5.74) is 1.49. The molecule has 1 amide bonds. The normalized spacial score (nSPS) is 14.9. The average Bonchev–Trinajstić information content (AvgIpc) is 2.94. The van der Waals surface area contributed by atoms with Crippen LogP contribution < -0.4 is 5.32 Å². The quantitative estimate of drug-likeness (QED) is 0.598. The largest absolute Gasteiger partial charge is 0.355 e. The van der Waals surface area contributed by atoms with E-state index < -0.39 is 0 Å². The second kappa shape index (κ2) is 8.09. The Hall–Kier alpha value is -1.30. The third-order valence-corrected chi connectivity index (χ3v) is 4.18. The molecule has 0 saturated heterocycles. The van der Waals surface area contributed by atoms with Crippen molar-refractivity contribution < 1.29 is 4.79 Å². The van der Waals surface area contributed by atoms with Gasteiger partial charge in [0, 0.05) is 13.0 Å². The summed E-state index contributed by atoms with van der Waals surface area (Å²) in [6.07, 6.45) is 9.13. The summed E-state index contributed by atoms with van der Waals surface area (Å²) < 4.78 is 0. The second-order valence-corrected chi connectivity index (χ2v) is 5.86. The number of aryl methyl sites for hydroxylation is 1.